The highest BCUT2D eigenvalue weighted by Gasteiger charge is 2.35. The fraction of sp³-hybridized carbons (Fsp3) is 0.129. The number of hydrogen-bond donors (Lipinski definition) is 6. The number of para-hydroxylation sites is 2. The van der Waals surface area contributed by atoms with E-state index in [2.05, 4.69) is 31.9 Å². The molecule has 3 aromatic carbocycles. The monoisotopic (exact) mass is 579 g/mol. The van der Waals surface area contributed by atoms with Crippen LogP contribution in [0.15, 0.2) is 91.3 Å². The lowest BCUT2D eigenvalue weighted by Gasteiger charge is -2.23. The zero-order chi connectivity index (χ0) is 30.2. The average Bonchev–Trinajstić information content (AvgIpc) is 3.01. The summed E-state index contributed by atoms with van der Waals surface area (Å²) in [6.45, 7) is 0.987. The second kappa shape index (κ2) is 13.2. The molecule has 4 amide bonds. The number of hydrogen-bond acceptors (Lipinski definition) is 7. The van der Waals surface area contributed by atoms with Crippen LogP contribution in [0.4, 0.5) is 32.3 Å². The molecule has 1 heterocycles. The number of benzene rings is 3. The van der Waals surface area contributed by atoms with Crippen molar-refractivity contribution in [3.63, 3.8) is 0 Å². The predicted molar refractivity (Wildman–Crippen MR) is 163 cm³/mol. The number of fused-ring (bicyclic) bond motifs is 2. The van der Waals surface area contributed by atoms with E-state index >= 15 is 0 Å². The van der Waals surface area contributed by atoms with Crippen molar-refractivity contribution in [2.45, 2.75) is 0 Å². The van der Waals surface area contributed by atoms with E-state index in [0.29, 0.717) is 27.5 Å². The van der Waals surface area contributed by atoms with Crippen LogP contribution in [0, 0.1) is 5.21 Å². The highest BCUT2D eigenvalue weighted by atomic mass is 16.5. The molecule has 12 nitrogen and oxygen atoms in total. The number of ketones is 2. The van der Waals surface area contributed by atoms with Crippen molar-refractivity contribution in [1.82, 2.24) is 10.6 Å². The summed E-state index contributed by atoms with van der Waals surface area (Å²) in [6.07, 6.45) is 2.26. The van der Waals surface area contributed by atoms with Crippen molar-refractivity contribution in [2.24, 2.45) is 0 Å². The molecule has 1 aromatic heterocycles. The summed E-state index contributed by atoms with van der Waals surface area (Å²) in [6, 6.07) is 21.9. The second-order valence-corrected chi connectivity index (χ2v) is 9.55. The molecule has 43 heavy (non-hydrogen) atoms. The first-order valence-corrected chi connectivity index (χ1v) is 13.6. The molecule has 0 bridgehead atoms. The number of nitrogens with zero attached hydrogens (tertiary/aromatic N) is 1. The molecular formula is C31H29N7O5. The molecule has 218 valence electrons. The van der Waals surface area contributed by atoms with Gasteiger partial charge in [-0.25, -0.2) is 9.59 Å². The number of rotatable bonds is 10. The Balaban J connectivity index is 1.26. The minimum absolute atomic E-state index is 0.00909. The molecule has 5 rings (SSSR count). The molecule has 0 saturated carbocycles. The standard InChI is InChI=1S/C31H29N7O5/c39-28-22-13-18-38(43)19-23(22)29(40)27-25(33-15-17-35-31(42)37-21-9-5-2-6-10-21)12-11-24(26(27)28)32-14-16-34-30(41)36-20-7-3-1-4-8-20/h1-13,18-19,32-33H,14-17H2,(H2,34,36,41)(H2,35,37,42). The minimum atomic E-state index is -0.476. The largest absolute Gasteiger partial charge is 0.619 e. The van der Waals surface area contributed by atoms with E-state index < -0.39 is 11.6 Å². The van der Waals surface area contributed by atoms with E-state index in [1.807, 2.05) is 36.4 Å². The third-order valence-corrected chi connectivity index (χ3v) is 6.60. The van der Waals surface area contributed by atoms with Crippen LogP contribution >= 0.6 is 0 Å². The van der Waals surface area contributed by atoms with Gasteiger partial charge in [-0.3, -0.25) is 9.59 Å². The fourth-order valence-electron chi connectivity index (χ4n) is 4.63. The lowest BCUT2D eigenvalue weighted by Crippen LogP contribution is -2.34. The van der Waals surface area contributed by atoms with Crippen molar-refractivity contribution in [2.75, 3.05) is 47.4 Å². The van der Waals surface area contributed by atoms with Crippen LogP contribution in [0.3, 0.4) is 0 Å². The zero-order valence-electron chi connectivity index (χ0n) is 23.0. The normalized spacial score (nSPS) is 11.5. The zero-order valence-corrected chi connectivity index (χ0v) is 23.0. The van der Waals surface area contributed by atoms with Crippen LogP contribution in [0.25, 0.3) is 0 Å². The van der Waals surface area contributed by atoms with Crippen LogP contribution in [0.1, 0.15) is 31.8 Å². The third-order valence-electron chi connectivity index (χ3n) is 6.60. The average molecular weight is 580 g/mol. The van der Waals surface area contributed by atoms with Crippen molar-refractivity contribution in [3.8, 4) is 0 Å². The van der Waals surface area contributed by atoms with Gasteiger partial charge < -0.3 is 37.1 Å². The molecule has 0 spiro atoms. The maximum absolute atomic E-state index is 13.6. The number of urea groups is 2. The third kappa shape index (κ3) is 6.88. The highest BCUT2D eigenvalue weighted by molar-refractivity contribution is 6.31. The van der Waals surface area contributed by atoms with Gasteiger partial charge in [0.05, 0.1) is 16.7 Å². The van der Waals surface area contributed by atoms with E-state index in [4.69, 9.17) is 0 Å². The molecule has 1 aliphatic rings. The summed E-state index contributed by atoms with van der Waals surface area (Å²) in [4.78, 5) is 51.6. The summed E-state index contributed by atoms with van der Waals surface area (Å²) in [7, 11) is 0. The number of aromatic nitrogens is 1. The summed E-state index contributed by atoms with van der Waals surface area (Å²) in [5, 5.41) is 29.1. The van der Waals surface area contributed by atoms with Gasteiger partial charge in [-0.15, -0.1) is 0 Å². The van der Waals surface area contributed by atoms with E-state index in [0.717, 1.165) is 6.20 Å². The maximum atomic E-state index is 13.6. The molecule has 0 saturated heterocycles. The molecule has 0 fully saturated rings. The highest BCUT2D eigenvalue weighted by Crippen LogP contribution is 2.36. The van der Waals surface area contributed by atoms with E-state index in [-0.39, 0.29) is 60.5 Å². The van der Waals surface area contributed by atoms with Gasteiger partial charge in [-0.2, -0.15) is 4.73 Å². The van der Waals surface area contributed by atoms with Crippen LogP contribution in [-0.2, 0) is 0 Å². The lowest BCUT2D eigenvalue weighted by molar-refractivity contribution is -0.605. The molecule has 0 aliphatic heterocycles. The first kappa shape index (κ1) is 28.6. The number of amides is 4. The van der Waals surface area contributed by atoms with E-state index in [9.17, 15) is 24.4 Å². The number of nitrogens with one attached hydrogen (secondary N) is 6. The molecule has 1 aliphatic carbocycles. The Bertz CT molecular complexity index is 1660. The molecule has 6 N–H and O–H groups in total. The number of pyridine rings is 1. The quantitative estimate of drug-likeness (QED) is 0.0835. The van der Waals surface area contributed by atoms with Crippen LogP contribution < -0.4 is 36.6 Å². The van der Waals surface area contributed by atoms with Crippen LogP contribution in [-0.4, -0.2) is 49.8 Å². The Labute approximate surface area is 247 Å². The summed E-state index contributed by atoms with van der Waals surface area (Å²) >= 11 is 0. The Hall–Kier alpha value is -5.91. The van der Waals surface area contributed by atoms with E-state index in [1.165, 1.54) is 12.3 Å². The summed E-state index contributed by atoms with van der Waals surface area (Å²) in [5.41, 5.74) is 2.52. The van der Waals surface area contributed by atoms with Gasteiger partial charge in [0, 0.05) is 60.6 Å². The molecule has 0 unspecified atom stereocenters. The molecule has 4 aromatic rings. The van der Waals surface area contributed by atoms with Crippen LogP contribution in [0.2, 0.25) is 0 Å². The maximum Gasteiger partial charge on any atom is 0.319 e. The van der Waals surface area contributed by atoms with Gasteiger partial charge >= 0.3 is 12.1 Å². The lowest BCUT2D eigenvalue weighted by atomic mass is 9.83. The SMILES string of the molecule is O=C(NCCNc1ccc(NCCNC(=O)Nc2ccccc2)c2c1C(=O)c1cc[n+]([O-])cc1C2=O)Nc1ccccc1. The van der Waals surface area contributed by atoms with Gasteiger partial charge in [-0.1, -0.05) is 36.4 Å². The van der Waals surface area contributed by atoms with Crippen LogP contribution in [0.5, 0.6) is 0 Å². The Kier molecular flexibility index (Phi) is 8.76. The Morgan fingerprint density at radius 3 is 1.56 bits per heavy atom. The van der Waals surface area contributed by atoms with Gasteiger partial charge in [0.25, 0.3) is 0 Å². The van der Waals surface area contributed by atoms with Crippen molar-refractivity contribution in [3.05, 3.63) is 119 Å². The predicted octanol–water partition coefficient (Wildman–Crippen LogP) is 3.56. The first-order chi connectivity index (χ1) is 20.9. The fourth-order valence-corrected chi connectivity index (χ4v) is 4.63. The van der Waals surface area contributed by atoms with Gasteiger partial charge in [-0.05, 0) is 36.4 Å². The van der Waals surface area contributed by atoms with Crippen molar-refractivity contribution >= 4 is 46.4 Å². The summed E-state index contributed by atoms with van der Waals surface area (Å²) in [5.74, 6) is -0.886. The molecular weight excluding hydrogens is 550 g/mol. The summed E-state index contributed by atoms with van der Waals surface area (Å²) < 4.78 is 0.478. The topological polar surface area (TPSA) is 167 Å². The number of carbonyl (C=O) groups is 4. The smallest absolute Gasteiger partial charge is 0.319 e. The molecule has 0 atom stereocenters. The van der Waals surface area contributed by atoms with Gasteiger partial charge in [0.15, 0.2) is 18.2 Å². The Morgan fingerprint density at radius 1 is 0.605 bits per heavy atom. The molecule has 12 heteroatoms. The van der Waals surface area contributed by atoms with Gasteiger partial charge in [0.2, 0.25) is 5.78 Å². The van der Waals surface area contributed by atoms with Gasteiger partial charge in [0.1, 0.15) is 0 Å². The molecule has 0 radical (unpaired) electrons. The van der Waals surface area contributed by atoms with Crippen molar-refractivity contribution < 1.29 is 23.9 Å². The van der Waals surface area contributed by atoms with Crippen molar-refractivity contribution in [1.29, 1.82) is 0 Å². The minimum Gasteiger partial charge on any atom is -0.619 e. The number of anilines is 4. The second-order valence-electron chi connectivity index (χ2n) is 9.55. The Morgan fingerprint density at radius 2 is 1.07 bits per heavy atom. The number of carbonyl (C=O) groups excluding carboxylic acids is 4. The van der Waals surface area contributed by atoms with E-state index in [1.54, 1.807) is 36.4 Å². The first-order valence-electron chi connectivity index (χ1n) is 13.6.